The third-order valence-corrected chi connectivity index (χ3v) is 2.81. The number of benzene rings is 1. The van der Waals surface area contributed by atoms with E-state index < -0.39 is 16.3 Å². The first kappa shape index (κ1) is 11.8. The lowest BCUT2D eigenvalue weighted by atomic mass is 10.1. The van der Waals surface area contributed by atoms with Crippen LogP contribution in [0.2, 0.25) is 0 Å². The van der Waals surface area contributed by atoms with Crippen molar-refractivity contribution in [3.05, 3.63) is 60.1 Å². The van der Waals surface area contributed by atoms with Gasteiger partial charge in [-0.2, -0.15) is 13.1 Å². The fourth-order valence-corrected chi connectivity index (χ4v) is 2.14. The number of rotatable bonds is 4. The molecule has 1 atom stereocenters. The van der Waals surface area contributed by atoms with Crippen LogP contribution in [0, 0.1) is 0 Å². The molecule has 0 saturated carbocycles. The molecular weight excluding hydrogens is 240 g/mol. The van der Waals surface area contributed by atoms with Crippen molar-refractivity contribution in [2.24, 2.45) is 5.14 Å². The SMILES string of the molecule is NS(=O)(=O)NC(c1ccccc1)c1ccco1. The highest BCUT2D eigenvalue weighted by Gasteiger charge is 2.20. The maximum Gasteiger partial charge on any atom is 0.275 e. The highest BCUT2D eigenvalue weighted by atomic mass is 32.2. The summed E-state index contributed by atoms with van der Waals surface area (Å²) in [5.74, 6) is 0.491. The second-order valence-corrected chi connectivity index (χ2v) is 4.85. The maximum absolute atomic E-state index is 11.1. The normalized spacial score (nSPS) is 13.5. The lowest BCUT2D eigenvalue weighted by Crippen LogP contribution is -2.34. The summed E-state index contributed by atoms with van der Waals surface area (Å²) in [4.78, 5) is 0. The van der Waals surface area contributed by atoms with Gasteiger partial charge in [0, 0.05) is 0 Å². The fraction of sp³-hybridized carbons (Fsp3) is 0.0909. The van der Waals surface area contributed by atoms with Gasteiger partial charge in [0.05, 0.1) is 6.26 Å². The molecule has 90 valence electrons. The van der Waals surface area contributed by atoms with Crippen molar-refractivity contribution in [3.8, 4) is 0 Å². The Morgan fingerprint density at radius 2 is 1.82 bits per heavy atom. The van der Waals surface area contributed by atoms with E-state index in [0.29, 0.717) is 5.76 Å². The van der Waals surface area contributed by atoms with E-state index in [1.807, 2.05) is 18.2 Å². The van der Waals surface area contributed by atoms with Crippen LogP contribution in [-0.2, 0) is 10.2 Å². The average molecular weight is 252 g/mol. The van der Waals surface area contributed by atoms with E-state index >= 15 is 0 Å². The number of nitrogens with two attached hydrogens (primary N) is 1. The zero-order chi connectivity index (χ0) is 12.3. The highest BCUT2D eigenvalue weighted by Crippen LogP contribution is 2.22. The average Bonchev–Trinajstić information content (AvgIpc) is 2.79. The molecule has 17 heavy (non-hydrogen) atoms. The summed E-state index contributed by atoms with van der Waals surface area (Å²) >= 11 is 0. The van der Waals surface area contributed by atoms with Crippen LogP contribution < -0.4 is 9.86 Å². The molecule has 3 N–H and O–H groups in total. The molecule has 2 aromatic rings. The highest BCUT2D eigenvalue weighted by molar-refractivity contribution is 7.87. The molecule has 0 radical (unpaired) electrons. The second kappa shape index (κ2) is 4.70. The smallest absolute Gasteiger partial charge is 0.275 e. The summed E-state index contributed by atoms with van der Waals surface area (Å²) in [6.07, 6.45) is 1.48. The van der Waals surface area contributed by atoms with E-state index in [-0.39, 0.29) is 0 Å². The van der Waals surface area contributed by atoms with Gasteiger partial charge < -0.3 is 4.42 Å². The van der Waals surface area contributed by atoms with Crippen LogP contribution in [0.25, 0.3) is 0 Å². The molecule has 0 aliphatic carbocycles. The summed E-state index contributed by atoms with van der Waals surface area (Å²) in [5.41, 5.74) is 0.761. The Bertz CT molecular complexity index is 564. The fourth-order valence-electron chi connectivity index (χ4n) is 1.56. The molecule has 0 fully saturated rings. The quantitative estimate of drug-likeness (QED) is 0.856. The van der Waals surface area contributed by atoms with E-state index in [4.69, 9.17) is 9.56 Å². The van der Waals surface area contributed by atoms with Gasteiger partial charge in [-0.05, 0) is 17.7 Å². The molecule has 5 nitrogen and oxygen atoms in total. The van der Waals surface area contributed by atoms with Gasteiger partial charge in [0.1, 0.15) is 11.8 Å². The third kappa shape index (κ3) is 3.16. The zero-order valence-electron chi connectivity index (χ0n) is 8.91. The van der Waals surface area contributed by atoms with Crippen molar-refractivity contribution in [1.29, 1.82) is 0 Å². The lowest BCUT2D eigenvalue weighted by molar-refractivity contribution is 0.471. The van der Waals surface area contributed by atoms with Crippen molar-refractivity contribution in [2.45, 2.75) is 6.04 Å². The molecule has 1 heterocycles. The Morgan fingerprint density at radius 1 is 1.12 bits per heavy atom. The molecule has 0 saturated heterocycles. The van der Waals surface area contributed by atoms with E-state index in [1.54, 1.807) is 24.3 Å². The second-order valence-electron chi connectivity index (χ2n) is 3.52. The summed E-state index contributed by atoms with van der Waals surface area (Å²) in [6, 6.07) is 11.8. The minimum Gasteiger partial charge on any atom is -0.467 e. The molecule has 6 heteroatoms. The van der Waals surface area contributed by atoms with Gasteiger partial charge in [0.25, 0.3) is 10.2 Å². The van der Waals surface area contributed by atoms with Crippen LogP contribution in [-0.4, -0.2) is 8.42 Å². The van der Waals surface area contributed by atoms with Gasteiger partial charge in [-0.1, -0.05) is 30.3 Å². The van der Waals surface area contributed by atoms with E-state index in [2.05, 4.69) is 4.72 Å². The molecule has 0 aliphatic rings. The molecule has 1 aromatic heterocycles. The molecule has 0 aliphatic heterocycles. The van der Waals surface area contributed by atoms with Gasteiger partial charge in [-0.15, -0.1) is 0 Å². The van der Waals surface area contributed by atoms with E-state index in [1.165, 1.54) is 6.26 Å². The number of furan rings is 1. The number of nitrogens with one attached hydrogen (secondary N) is 1. The van der Waals surface area contributed by atoms with Crippen LogP contribution in [0.5, 0.6) is 0 Å². The van der Waals surface area contributed by atoms with E-state index in [9.17, 15) is 8.42 Å². The summed E-state index contributed by atoms with van der Waals surface area (Å²) in [6.45, 7) is 0. The van der Waals surface area contributed by atoms with E-state index in [0.717, 1.165) is 5.56 Å². The predicted molar refractivity (Wildman–Crippen MR) is 63.2 cm³/mol. The summed E-state index contributed by atoms with van der Waals surface area (Å²) < 4.78 is 29.8. The Labute approximate surface area is 99.4 Å². The molecule has 0 amide bonds. The summed E-state index contributed by atoms with van der Waals surface area (Å²) in [7, 11) is -3.81. The Balaban J connectivity index is 2.38. The van der Waals surface area contributed by atoms with Gasteiger partial charge in [0.15, 0.2) is 0 Å². The van der Waals surface area contributed by atoms with Crippen LogP contribution in [0.15, 0.2) is 53.1 Å². The predicted octanol–water partition coefficient (Wildman–Crippen LogP) is 1.16. The van der Waals surface area contributed by atoms with Gasteiger partial charge in [-0.3, -0.25) is 0 Å². The molecule has 0 bridgehead atoms. The number of hydrogen-bond donors (Lipinski definition) is 2. The Morgan fingerprint density at radius 3 is 2.35 bits per heavy atom. The zero-order valence-corrected chi connectivity index (χ0v) is 9.72. The topological polar surface area (TPSA) is 85.3 Å². The van der Waals surface area contributed by atoms with Gasteiger partial charge in [-0.25, -0.2) is 5.14 Å². The van der Waals surface area contributed by atoms with Crippen LogP contribution in [0.1, 0.15) is 17.4 Å². The van der Waals surface area contributed by atoms with Crippen molar-refractivity contribution >= 4 is 10.2 Å². The van der Waals surface area contributed by atoms with Gasteiger partial charge >= 0.3 is 0 Å². The van der Waals surface area contributed by atoms with Gasteiger partial charge in [0.2, 0.25) is 0 Å². The molecule has 1 unspecified atom stereocenters. The standard InChI is InChI=1S/C11H12N2O3S/c12-17(14,15)13-11(10-7-4-8-16-10)9-5-2-1-3-6-9/h1-8,11,13H,(H2,12,14,15). The number of hydrogen-bond acceptors (Lipinski definition) is 3. The minimum atomic E-state index is -3.81. The van der Waals surface area contributed by atoms with Crippen LogP contribution in [0.4, 0.5) is 0 Å². The van der Waals surface area contributed by atoms with Crippen LogP contribution in [0.3, 0.4) is 0 Å². The molecule has 2 rings (SSSR count). The monoisotopic (exact) mass is 252 g/mol. The summed E-state index contributed by atoms with van der Waals surface area (Å²) in [5, 5.41) is 5.00. The van der Waals surface area contributed by atoms with Crippen molar-refractivity contribution < 1.29 is 12.8 Å². The molecular formula is C11H12N2O3S. The first-order valence-corrected chi connectivity index (χ1v) is 6.49. The Hall–Kier alpha value is -1.63. The third-order valence-electron chi connectivity index (χ3n) is 2.24. The van der Waals surface area contributed by atoms with Crippen molar-refractivity contribution in [1.82, 2.24) is 4.72 Å². The Kier molecular flexibility index (Phi) is 3.28. The first-order valence-electron chi connectivity index (χ1n) is 4.95. The molecule has 1 aromatic carbocycles. The molecule has 0 spiro atoms. The van der Waals surface area contributed by atoms with Crippen molar-refractivity contribution in [3.63, 3.8) is 0 Å². The van der Waals surface area contributed by atoms with Crippen molar-refractivity contribution in [2.75, 3.05) is 0 Å². The lowest BCUT2D eigenvalue weighted by Gasteiger charge is -2.15. The maximum atomic E-state index is 11.1. The largest absolute Gasteiger partial charge is 0.467 e. The van der Waals surface area contributed by atoms with Crippen LogP contribution >= 0.6 is 0 Å². The minimum absolute atomic E-state index is 0.491. The first-order chi connectivity index (χ1) is 8.06.